The molecule has 0 aromatic carbocycles. The Hall–Kier alpha value is -1.10. The lowest BCUT2D eigenvalue weighted by Gasteiger charge is -2.18. The van der Waals surface area contributed by atoms with E-state index in [1.54, 1.807) is 13.8 Å². The average molecular weight is 244 g/mol. The number of aromatic nitrogens is 2. The Morgan fingerprint density at radius 2 is 2.25 bits per heavy atom. The Kier molecular flexibility index (Phi) is 2.88. The number of nitrogens with one attached hydrogen (secondary N) is 1. The van der Waals surface area contributed by atoms with Crippen molar-refractivity contribution in [2.45, 2.75) is 32.6 Å². The second kappa shape index (κ2) is 4.05. The molecule has 1 aromatic heterocycles. The molecule has 1 heterocycles. The third-order valence-electron chi connectivity index (χ3n) is 2.54. The fraction of sp³-hybridized carbons (Fsp3) is 0.700. The van der Waals surface area contributed by atoms with Crippen LogP contribution in [0.2, 0.25) is 0 Å². The van der Waals surface area contributed by atoms with Crippen molar-refractivity contribution >= 4 is 23.5 Å². The molecule has 0 spiro atoms. The normalized spacial score (nSPS) is 16.2. The van der Waals surface area contributed by atoms with Gasteiger partial charge < -0.3 is 4.42 Å². The van der Waals surface area contributed by atoms with E-state index in [2.05, 4.69) is 15.5 Å². The molecule has 1 aromatic rings. The van der Waals surface area contributed by atoms with Gasteiger partial charge in [0.2, 0.25) is 11.8 Å². The van der Waals surface area contributed by atoms with Gasteiger partial charge in [0, 0.05) is 11.8 Å². The van der Waals surface area contributed by atoms with Gasteiger partial charge in [0.05, 0.1) is 5.41 Å². The van der Waals surface area contributed by atoms with Gasteiger partial charge in [0.1, 0.15) is 0 Å². The molecule has 16 heavy (non-hydrogen) atoms. The molecule has 1 fully saturated rings. The first-order valence-corrected chi connectivity index (χ1v) is 5.77. The van der Waals surface area contributed by atoms with Crippen LogP contribution in [0.3, 0.4) is 0 Å². The number of amides is 1. The molecule has 0 atom stereocenters. The van der Waals surface area contributed by atoms with Crippen LogP contribution >= 0.6 is 11.6 Å². The van der Waals surface area contributed by atoms with E-state index in [9.17, 15) is 4.79 Å². The molecule has 88 valence electrons. The number of carbonyl (C=O) groups is 1. The van der Waals surface area contributed by atoms with Crippen molar-refractivity contribution in [2.75, 3.05) is 11.2 Å². The number of rotatable bonds is 4. The predicted octanol–water partition coefficient (Wildman–Crippen LogP) is 2.15. The van der Waals surface area contributed by atoms with Crippen molar-refractivity contribution in [1.82, 2.24) is 10.2 Å². The first-order valence-electron chi connectivity index (χ1n) is 5.24. The van der Waals surface area contributed by atoms with Crippen molar-refractivity contribution in [2.24, 2.45) is 5.41 Å². The van der Waals surface area contributed by atoms with Gasteiger partial charge in [-0.3, -0.25) is 10.1 Å². The molecule has 0 radical (unpaired) electrons. The summed E-state index contributed by atoms with van der Waals surface area (Å²) in [4.78, 5) is 11.7. The van der Waals surface area contributed by atoms with Crippen LogP contribution in [0.25, 0.3) is 0 Å². The summed E-state index contributed by atoms with van der Waals surface area (Å²) < 4.78 is 5.32. The number of nitrogens with zero attached hydrogens (tertiary/aromatic N) is 2. The van der Waals surface area contributed by atoms with Crippen LogP contribution in [0, 0.1) is 5.41 Å². The smallest absolute Gasteiger partial charge is 0.322 e. The topological polar surface area (TPSA) is 68.0 Å². The van der Waals surface area contributed by atoms with Crippen molar-refractivity contribution in [1.29, 1.82) is 0 Å². The van der Waals surface area contributed by atoms with Crippen molar-refractivity contribution in [3.63, 3.8) is 0 Å². The van der Waals surface area contributed by atoms with Gasteiger partial charge >= 0.3 is 6.01 Å². The highest BCUT2D eigenvalue weighted by Gasteiger charge is 2.31. The minimum atomic E-state index is -0.643. The summed E-state index contributed by atoms with van der Waals surface area (Å²) in [6, 6.07) is 0.157. The van der Waals surface area contributed by atoms with Gasteiger partial charge in [-0.2, -0.15) is 0 Å². The largest absolute Gasteiger partial charge is 0.408 e. The van der Waals surface area contributed by atoms with E-state index in [0.717, 1.165) is 12.8 Å². The third-order valence-corrected chi connectivity index (χ3v) is 3.20. The standard InChI is InChI=1S/C10H14ClN3O2/c1-10(2,5-11)8(15)12-9-14-13-7(16-9)6-3-4-6/h6H,3-5H2,1-2H3,(H,12,14,15). The van der Waals surface area contributed by atoms with Gasteiger partial charge in [-0.05, 0) is 26.7 Å². The lowest BCUT2D eigenvalue weighted by molar-refractivity contribution is -0.123. The van der Waals surface area contributed by atoms with Gasteiger partial charge in [-0.15, -0.1) is 16.7 Å². The zero-order valence-electron chi connectivity index (χ0n) is 9.29. The molecular formula is C10H14ClN3O2. The molecule has 1 aliphatic rings. The zero-order chi connectivity index (χ0) is 11.8. The highest BCUT2D eigenvalue weighted by atomic mass is 35.5. The summed E-state index contributed by atoms with van der Waals surface area (Å²) >= 11 is 5.69. The molecule has 1 N–H and O–H groups in total. The van der Waals surface area contributed by atoms with Crippen LogP contribution in [-0.2, 0) is 4.79 Å². The quantitative estimate of drug-likeness (QED) is 0.823. The minimum absolute atomic E-state index is 0.157. The van der Waals surface area contributed by atoms with Crippen LogP contribution in [0.4, 0.5) is 6.01 Å². The summed E-state index contributed by atoms with van der Waals surface area (Å²) in [5, 5.41) is 10.2. The lowest BCUT2D eigenvalue weighted by atomic mass is 9.95. The molecule has 5 nitrogen and oxygen atoms in total. The van der Waals surface area contributed by atoms with E-state index in [4.69, 9.17) is 16.0 Å². The Morgan fingerprint density at radius 3 is 2.81 bits per heavy atom. The monoisotopic (exact) mass is 243 g/mol. The average Bonchev–Trinajstić information content (AvgIpc) is 3.00. The second-order valence-electron chi connectivity index (χ2n) is 4.69. The van der Waals surface area contributed by atoms with E-state index in [0.29, 0.717) is 11.8 Å². The number of hydrogen-bond donors (Lipinski definition) is 1. The molecule has 2 rings (SSSR count). The summed E-state index contributed by atoms with van der Waals surface area (Å²) in [7, 11) is 0. The maximum atomic E-state index is 11.7. The van der Waals surface area contributed by atoms with Crippen molar-refractivity contribution in [3.05, 3.63) is 5.89 Å². The number of halogens is 1. The highest BCUT2D eigenvalue weighted by molar-refractivity contribution is 6.20. The van der Waals surface area contributed by atoms with Crippen LogP contribution in [0.5, 0.6) is 0 Å². The maximum Gasteiger partial charge on any atom is 0.322 e. The maximum absolute atomic E-state index is 11.7. The summed E-state index contributed by atoms with van der Waals surface area (Å²) in [5.41, 5.74) is -0.643. The lowest BCUT2D eigenvalue weighted by Crippen LogP contribution is -2.32. The Morgan fingerprint density at radius 1 is 1.56 bits per heavy atom. The van der Waals surface area contributed by atoms with Gasteiger partial charge in [-0.1, -0.05) is 5.10 Å². The molecule has 0 unspecified atom stereocenters. The molecular weight excluding hydrogens is 230 g/mol. The zero-order valence-corrected chi connectivity index (χ0v) is 10.0. The molecule has 1 aliphatic carbocycles. The van der Waals surface area contributed by atoms with Crippen molar-refractivity contribution < 1.29 is 9.21 Å². The van der Waals surface area contributed by atoms with E-state index in [1.807, 2.05) is 0 Å². The number of alkyl halides is 1. The molecule has 0 bridgehead atoms. The molecule has 1 saturated carbocycles. The van der Waals surface area contributed by atoms with Crippen LogP contribution in [0.1, 0.15) is 38.5 Å². The van der Waals surface area contributed by atoms with Gasteiger partial charge in [-0.25, -0.2) is 0 Å². The van der Waals surface area contributed by atoms with Crippen LogP contribution in [-0.4, -0.2) is 22.0 Å². The number of hydrogen-bond acceptors (Lipinski definition) is 4. The molecule has 0 aliphatic heterocycles. The summed E-state index contributed by atoms with van der Waals surface area (Å²) in [5.74, 6) is 1.02. The van der Waals surface area contributed by atoms with E-state index >= 15 is 0 Å². The van der Waals surface area contributed by atoms with Gasteiger partial charge in [0.15, 0.2) is 0 Å². The molecule has 0 saturated heterocycles. The first-order chi connectivity index (χ1) is 7.53. The Labute approximate surface area is 98.6 Å². The Balaban J connectivity index is 2.00. The van der Waals surface area contributed by atoms with Crippen LogP contribution < -0.4 is 5.32 Å². The summed E-state index contributed by atoms with van der Waals surface area (Å²) in [6.45, 7) is 3.51. The Bertz CT molecular complexity index is 399. The SMILES string of the molecule is CC(C)(CCl)C(=O)Nc1nnc(C2CC2)o1. The second-order valence-corrected chi connectivity index (χ2v) is 4.96. The fourth-order valence-corrected chi connectivity index (χ4v) is 1.23. The van der Waals surface area contributed by atoms with Crippen molar-refractivity contribution in [3.8, 4) is 0 Å². The highest BCUT2D eigenvalue weighted by Crippen LogP contribution is 2.39. The van der Waals surface area contributed by atoms with E-state index in [-0.39, 0.29) is 17.8 Å². The number of anilines is 1. The third kappa shape index (κ3) is 2.35. The fourth-order valence-electron chi connectivity index (χ4n) is 1.11. The predicted molar refractivity (Wildman–Crippen MR) is 59.4 cm³/mol. The van der Waals surface area contributed by atoms with Gasteiger partial charge in [0.25, 0.3) is 0 Å². The molecule has 1 amide bonds. The molecule has 6 heteroatoms. The van der Waals surface area contributed by atoms with E-state index in [1.165, 1.54) is 0 Å². The number of carbonyl (C=O) groups excluding carboxylic acids is 1. The summed E-state index contributed by atoms with van der Waals surface area (Å²) in [6.07, 6.45) is 2.17. The van der Waals surface area contributed by atoms with Crippen LogP contribution in [0.15, 0.2) is 4.42 Å². The minimum Gasteiger partial charge on any atom is -0.408 e. The first kappa shape index (κ1) is 11.4. The van der Waals surface area contributed by atoms with E-state index < -0.39 is 5.41 Å².